The van der Waals surface area contributed by atoms with Gasteiger partial charge in [-0.1, -0.05) is 12.1 Å². The quantitative estimate of drug-likeness (QED) is 0.831. The molecule has 86 valence electrons. The summed E-state index contributed by atoms with van der Waals surface area (Å²) in [4.78, 5) is 6.51. The molecule has 3 heteroatoms. The molecule has 0 unspecified atom stereocenters. The zero-order valence-electron chi connectivity index (χ0n) is 10.0. The van der Waals surface area contributed by atoms with Crippen molar-refractivity contribution in [1.82, 2.24) is 5.32 Å². The molecule has 0 saturated carbocycles. The van der Waals surface area contributed by atoms with Crippen LogP contribution in [0.3, 0.4) is 0 Å². The normalized spacial score (nSPS) is 14.5. The lowest BCUT2D eigenvalue weighted by Gasteiger charge is -2.12. The molecule has 0 aliphatic carbocycles. The van der Waals surface area contributed by atoms with E-state index < -0.39 is 0 Å². The van der Waals surface area contributed by atoms with Crippen LogP contribution >= 0.6 is 0 Å². The Morgan fingerprint density at radius 2 is 1.94 bits per heavy atom. The van der Waals surface area contributed by atoms with Gasteiger partial charge in [-0.3, -0.25) is 4.99 Å². The highest BCUT2D eigenvalue weighted by Crippen LogP contribution is 2.13. The molecule has 3 nitrogen and oxygen atoms in total. The maximum Gasteiger partial charge on any atom is 0.0967 e. The number of aliphatic imine (C=N–C) groups is 1. The number of nitrogens with zero attached hydrogens (tertiary/aromatic N) is 2. The monoisotopic (exact) mass is 217 g/mol. The Kier molecular flexibility index (Phi) is 3.44. The van der Waals surface area contributed by atoms with E-state index in [9.17, 15) is 0 Å². The predicted molar refractivity (Wildman–Crippen MR) is 69.4 cm³/mol. The zero-order valence-corrected chi connectivity index (χ0v) is 10.0. The van der Waals surface area contributed by atoms with E-state index in [1.165, 1.54) is 11.3 Å². The highest BCUT2D eigenvalue weighted by atomic mass is 15.1. The van der Waals surface area contributed by atoms with Crippen LogP contribution in [0.1, 0.15) is 12.0 Å². The van der Waals surface area contributed by atoms with Crippen LogP contribution in [0.15, 0.2) is 29.3 Å². The minimum atomic E-state index is 0.939. The molecule has 0 atom stereocenters. The molecule has 0 amide bonds. The Hall–Kier alpha value is -1.51. The molecule has 1 aliphatic heterocycles. The summed E-state index contributed by atoms with van der Waals surface area (Å²) in [5, 5.41) is 3.30. The van der Waals surface area contributed by atoms with Crippen LogP contribution in [0.5, 0.6) is 0 Å². The van der Waals surface area contributed by atoms with Gasteiger partial charge in [-0.05, 0) is 24.1 Å². The number of anilines is 1. The highest BCUT2D eigenvalue weighted by molar-refractivity contribution is 5.83. The predicted octanol–water partition coefficient (Wildman–Crippen LogP) is 1.69. The fourth-order valence-corrected chi connectivity index (χ4v) is 1.84. The van der Waals surface area contributed by atoms with Gasteiger partial charge >= 0.3 is 0 Å². The molecule has 1 heterocycles. The van der Waals surface area contributed by atoms with E-state index in [2.05, 4.69) is 53.6 Å². The first-order valence-corrected chi connectivity index (χ1v) is 5.79. The average Bonchev–Trinajstić information content (AvgIpc) is 2.80. The molecule has 0 saturated heterocycles. The first kappa shape index (κ1) is 11.0. The number of aryl methyl sites for hydroxylation is 1. The number of hydrogen-bond acceptors (Lipinski definition) is 3. The van der Waals surface area contributed by atoms with Gasteiger partial charge in [0, 0.05) is 32.7 Å². The summed E-state index contributed by atoms with van der Waals surface area (Å²) in [5.41, 5.74) is 2.63. The summed E-state index contributed by atoms with van der Waals surface area (Å²) in [6.45, 7) is 1.95. The van der Waals surface area contributed by atoms with Crippen LogP contribution < -0.4 is 10.2 Å². The van der Waals surface area contributed by atoms with E-state index in [0.29, 0.717) is 0 Å². The van der Waals surface area contributed by atoms with Crippen LogP contribution in [0.2, 0.25) is 0 Å². The first-order chi connectivity index (χ1) is 7.75. The van der Waals surface area contributed by atoms with Crippen molar-refractivity contribution >= 4 is 11.5 Å². The second kappa shape index (κ2) is 5.01. The molecule has 1 aliphatic rings. The van der Waals surface area contributed by atoms with Crippen molar-refractivity contribution in [2.24, 2.45) is 4.99 Å². The molecule has 0 spiro atoms. The van der Waals surface area contributed by atoms with Gasteiger partial charge in [-0.2, -0.15) is 0 Å². The number of amidine groups is 1. The highest BCUT2D eigenvalue weighted by Gasteiger charge is 2.04. The summed E-state index contributed by atoms with van der Waals surface area (Å²) in [5.74, 6) is 1.16. The maximum atomic E-state index is 4.39. The maximum absolute atomic E-state index is 4.39. The van der Waals surface area contributed by atoms with Crippen LogP contribution in [0, 0.1) is 0 Å². The van der Waals surface area contributed by atoms with E-state index in [4.69, 9.17) is 0 Å². The molecule has 16 heavy (non-hydrogen) atoms. The third-order valence-electron chi connectivity index (χ3n) is 2.85. The fourth-order valence-electron chi connectivity index (χ4n) is 1.84. The van der Waals surface area contributed by atoms with Crippen molar-refractivity contribution in [1.29, 1.82) is 0 Å². The first-order valence-electron chi connectivity index (χ1n) is 5.79. The van der Waals surface area contributed by atoms with E-state index in [1.54, 1.807) is 0 Å². The average molecular weight is 217 g/mol. The van der Waals surface area contributed by atoms with E-state index >= 15 is 0 Å². The van der Waals surface area contributed by atoms with E-state index in [1.807, 2.05) is 0 Å². The molecule has 1 N–H and O–H groups in total. The Labute approximate surface area is 97.2 Å². The van der Waals surface area contributed by atoms with Crippen molar-refractivity contribution < 1.29 is 0 Å². The largest absolute Gasteiger partial charge is 0.378 e. The fraction of sp³-hybridized carbons (Fsp3) is 0.462. The number of benzene rings is 1. The van der Waals surface area contributed by atoms with Crippen molar-refractivity contribution in [3.05, 3.63) is 29.8 Å². The lowest BCUT2D eigenvalue weighted by molar-refractivity contribution is 0.934. The molecule has 0 bridgehead atoms. The Balaban J connectivity index is 1.89. The molecule has 0 radical (unpaired) electrons. The van der Waals surface area contributed by atoms with Crippen LogP contribution in [-0.4, -0.2) is 33.0 Å². The van der Waals surface area contributed by atoms with Gasteiger partial charge in [-0.25, -0.2) is 0 Å². The summed E-state index contributed by atoms with van der Waals surface area (Å²) < 4.78 is 0. The van der Waals surface area contributed by atoms with Gasteiger partial charge in [-0.15, -0.1) is 0 Å². The summed E-state index contributed by atoms with van der Waals surface area (Å²) in [7, 11) is 4.12. The number of nitrogens with one attached hydrogen (secondary N) is 1. The van der Waals surface area contributed by atoms with Crippen LogP contribution in [0.4, 0.5) is 5.69 Å². The third kappa shape index (κ3) is 2.75. The van der Waals surface area contributed by atoms with Crippen molar-refractivity contribution in [3.63, 3.8) is 0 Å². The van der Waals surface area contributed by atoms with Gasteiger partial charge in [0.05, 0.1) is 12.4 Å². The lowest BCUT2D eigenvalue weighted by atomic mass is 10.1. The van der Waals surface area contributed by atoms with Crippen LogP contribution in [0.25, 0.3) is 0 Å². The van der Waals surface area contributed by atoms with Crippen molar-refractivity contribution in [3.8, 4) is 0 Å². The zero-order chi connectivity index (χ0) is 11.4. The SMILES string of the molecule is CN(C)c1ccc(CCC2=NCCN2)cc1. The summed E-state index contributed by atoms with van der Waals surface area (Å²) >= 11 is 0. The molecule has 0 fully saturated rings. The minimum Gasteiger partial charge on any atom is -0.378 e. The topological polar surface area (TPSA) is 27.6 Å². The summed E-state index contributed by atoms with van der Waals surface area (Å²) in [6, 6.07) is 8.73. The minimum absolute atomic E-state index is 0.939. The van der Waals surface area contributed by atoms with Crippen molar-refractivity contribution in [2.75, 3.05) is 32.1 Å². The van der Waals surface area contributed by atoms with E-state index in [0.717, 1.165) is 31.8 Å². The second-order valence-corrected chi connectivity index (χ2v) is 4.32. The number of rotatable bonds is 4. The van der Waals surface area contributed by atoms with Gasteiger partial charge in [0.25, 0.3) is 0 Å². The van der Waals surface area contributed by atoms with Gasteiger partial charge in [0.2, 0.25) is 0 Å². The van der Waals surface area contributed by atoms with Crippen molar-refractivity contribution in [2.45, 2.75) is 12.8 Å². The lowest BCUT2D eigenvalue weighted by Crippen LogP contribution is -2.18. The van der Waals surface area contributed by atoms with Crippen LogP contribution in [-0.2, 0) is 6.42 Å². The smallest absolute Gasteiger partial charge is 0.0967 e. The molecule has 0 aromatic heterocycles. The standard InChI is InChI=1S/C13H19N3/c1-16(2)12-6-3-11(4-7-12)5-8-13-14-9-10-15-13/h3-4,6-7H,5,8-10H2,1-2H3,(H,14,15). The van der Waals surface area contributed by atoms with Gasteiger partial charge < -0.3 is 10.2 Å². The summed E-state index contributed by atoms with van der Waals surface area (Å²) in [6.07, 6.45) is 2.10. The second-order valence-electron chi connectivity index (χ2n) is 4.32. The Morgan fingerprint density at radius 3 is 2.50 bits per heavy atom. The molecule has 1 aromatic rings. The Bertz CT molecular complexity index is 365. The molecule has 1 aromatic carbocycles. The third-order valence-corrected chi connectivity index (χ3v) is 2.85. The Morgan fingerprint density at radius 1 is 1.19 bits per heavy atom. The molecule has 2 rings (SSSR count). The van der Waals surface area contributed by atoms with E-state index in [-0.39, 0.29) is 0 Å². The molecular formula is C13H19N3. The number of hydrogen-bond donors (Lipinski definition) is 1. The van der Waals surface area contributed by atoms with Gasteiger partial charge in [0.15, 0.2) is 0 Å². The van der Waals surface area contributed by atoms with Gasteiger partial charge in [0.1, 0.15) is 0 Å². The molecular weight excluding hydrogens is 198 g/mol.